The molecule has 0 aliphatic carbocycles. The molecule has 0 amide bonds. The van der Waals surface area contributed by atoms with Gasteiger partial charge in [-0.15, -0.1) is 0 Å². The van der Waals surface area contributed by atoms with Crippen LogP contribution in [-0.2, 0) is 0 Å². The van der Waals surface area contributed by atoms with E-state index < -0.39 is 16.6 Å². The highest BCUT2D eigenvalue weighted by atomic mass is 32.2. The van der Waals surface area contributed by atoms with Crippen LogP contribution in [0.25, 0.3) is 0 Å². The third kappa shape index (κ3) is 3.16. The van der Waals surface area contributed by atoms with Crippen LogP contribution in [0, 0.1) is 21.7 Å². The number of hydrogen-bond acceptors (Lipinski definition) is 5. The number of anilines is 1. The zero-order valence-corrected chi connectivity index (χ0v) is 10.2. The fourth-order valence-electron chi connectivity index (χ4n) is 1.33. The van der Waals surface area contributed by atoms with Crippen LogP contribution >= 0.6 is 11.8 Å². The van der Waals surface area contributed by atoms with Crippen molar-refractivity contribution in [1.82, 2.24) is 4.98 Å². The summed E-state index contributed by atoms with van der Waals surface area (Å²) in [6.45, 7) is 0. The van der Waals surface area contributed by atoms with E-state index in [0.717, 1.165) is 30.0 Å². The lowest BCUT2D eigenvalue weighted by Gasteiger charge is -2.03. The summed E-state index contributed by atoms with van der Waals surface area (Å²) in [6, 6.07) is 5.63. The van der Waals surface area contributed by atoms with Gasteiger partial charge in [-0.3, -0.25) is 10.1 Å². The number of halogens is 2. The maximum absolute atomic E-state index is 13.0. The molecule has 0 unspecified atom stereocenters. The van der Waals surface area contributed by atoms with Crippen LogP contribution in [-0.4, -0.2) is 9.91 Å². The number of nitro groups is 1. The van der Waals surface area contributed by atoms with E-state index in [2.05, 4.69) is 4.98 Å². The quantitative estimate of drug-likeness (QED) is 0.691. The van der Waals surface area contributed by atoms with Gasteiger partial charge in [0.1, 0.15) is 10.8 Å². The van der Waals surface area contributed by atoms with E-state index in [1.165, 1.54) is 12.1 Å². The van der Waals surface area contributed by atoms with Crippen LogP contribution in [0.2, 0.25) is 0 Å². The first-order valence-corrected chi connectivity index (χ1v) is 5.82. The van der Waals surface area contributed by atoms with Crippen molar-refractivity contribution in [3.8, 4) is 0 Å². The van der Waals surface area contributed by atoms with Gasteiger partial charge < -0.3 is 5.73 Å². The lowest BCUT2D eigenvalue weighted by Crippen LogP contribution is -1.96. The fraction of sp³-hybridized carbons (Fsp3) is 0. The highest BCUT2D eigenvalue weighted by molar-refractivity contribution is 7.99. The predicted octanol–water partition coefficient (Wildman–Crippen LogP) is 3.00. The number of aromatic nitrogens is 1. The molecule has 1 aromatic heterocycles. The molecule has 8 heteroatoms. The average Bonchev–Trinajstić information content (AvgIpc) is 2.33. The second-order valence-corrected chi connectivity index (χ2v) is 4.62. The highest BCUT2D eigenvalue weighted by Crippen LogP contribution is 2.30. The maximum Gasteiger partial charge on any atom is 0.275 e. The van der Waals surface area contributed by atoms with Crippen molar-refractivity contribution in [2.75, 3.05) is 5.73 Å². The predicted molar refractivity (Wildman–Crippen MR) is 65.8 cm³/mol. The second kappa shape index (κ2) is 5.19. The van der Waals surface area contributed by atoms with Gasteiger partial charge in [-0.25, -0.2) is 13.8 Å². The molecule has 0 saturated heterocycles. The van der Waals surface area contributed by atoms with Crippen LogP contribution in [0.15, 0.2) is 40.3 Å². The van der Waals surface area contributed by atoms with Crippen molar-refractivity contribution in [2.24, 2.45) is 0 Å². The number of hydrogen-bond donors (Lipinski definition) is 1. The molecule has 0 spiro atoms. The molecular formula is C11H7F2N3O2S. The molecule has 0 aliphatic heterocycles. The van der Waals surface area contributed by atoms with Gasteiger partial charge in [0.25, 0.3) is 5.69 Å². The third-order valence-electron chi connectivity index (χ3n) is 2.13. The molecule has 0 fully saturated rings. The Hall–Kier alpha value is -2.22. The van der Waals surface area contributed by atoms with E-state index in [9.17, 15) is 18.9 Å². The fourth-order valence-corrected chi connectivity index (χ4v) is 2.20. The molecule has 2 aromatic rings. The molecule has 0 bridgehead atoms. The minimum atomic E-state index is -0.997. The van der Waals surface area contributed by atoms with Gasteiger partial charge in [-0.05, 0) is 18.2 Å². The lowest BCUT2D eigenvalue weighted by molar-refractivity contribution is -0.385. The first kappa shape index (κ1) is 13.2. The van der Waals surface area contributed by atoms with Gasteiger partial charge in [0.05, 0.1) is 11.0 Å². The summed E-state index contributed by atoms with van der Waals surface area (Å²) in [7, 11) is 0. The summed E-state index contributed by atoms with van der Waals surface area (Å²) < 4.78 is 25.8. The Labute approximate surface area is 110 Å². The van der Waals surface area contributed by atoms with E-state index in [1.807, 2.05) is 0 Å². The first-order chi connectivity index (χ1) is 8.95. The molecule has 1 heterocycles. The van der Waals surface area contributed by atoms with Crippen LogP contribution in [0.1, 0.15) is 0 Å². The zero-order valence-electron chi connectivity index (χ0n) is 9.34. The van der Waals surface area contributed by atoms with Gasteiger partial charge in [0.2, 0.25) is 0 Å². The Bertz CT molecular complexity index is 652. The van der Waals surface area contributed by atoms with E-state index >= 15 is 0 Å². The van der Waals surface area contributed by atoms with Gasteiger partial charge in [0, 0.05) is 11.0 Å². The summed E-state index contributed by atoms with van der Waals surface area (Å²) in [5.41, 5.74) is 5.23. The van der Waals surface area contributed by atoms with Crippen molar-refractivity contribution >= 4 is 23.3 Å². The van der Waals surface area contributed by atoms with E-state index in [1.54, 1.807) is 0 Å². The molecule has 0 radical (unpaired) electrons. The Morgan fingerprint density at radius 2 is 1.95 bits per heavy atom. The van der Waals surface area contributed by atoms with Crippen LogP contribution in [0.5, 0.6) is 0 Å². The number of nitrogens with two attached hydrogens (primary N) is 1. The topological polar surface area (TPSA) is 82.0 Å². The van der Waals surface area contributed by atoms with Crippen LogP contribution in [0.3, 0.4) is 0 Å². The molecule has 1 aromatic carbocycles. The monoisotopic (exact) mass is 283 g/mol. The summed E-state index contributed by atoms with van der Waals surface area (Å²) >= 11 is 0.954. The van der Waals surface area contributed by atoms with Crippen molar-refractivity contribution in [3.05, 3.63) is 52.1 Å². The number of rotatable bonds is 3. The Morgan fingerprint density at radius 3 is 2.58 bits per heavy atom. The second-order valence-electron chi connectivity index (χ2n) is 3.52. The average molecular weight is 283 g/mol. The van der Waals surface area contributed by atoms with Gasteiger partial charge >= 0.3 is 0 Å². The molecule has 2 rings (SSSR count). The lowest BCUT2D eigenvalue weighted by atomic mass is 10.3. The Kier molecular flexibility index (Phi) is 3.61. The van der Waals surface area contributed by atoms with Crippen molar-refractivity contribution in [2.45, 2.75) is 9.92 Å². The molecule has 19 heavy (non-hydrogen) atoms. The molecule has 5 nitrogen and oxygen atoms in total. The standard InChI is InChI=1S/C11H7F2N3O2S/c12-8-2-1-7(5-9(8)13)19-11-4-6(16(17)18)3-10(14)15-11/h1-5H,(H2,14,15). The van der Waals surface area contributed by atoms with Gasteiger partial charge in [0.15, 0.2) is 11.6 Å². The number of benzene rings is 1. The molecule has 0 aliphatic rings. The number of nitrogen functional groups attached to an aromatic ring is 1. The summed E-state index contributed by atoms with van der Waals surface area (Å²) in [4.78, 5) is 14.3. The third-order valence-corrected chi connectivity index (χ3v) is 3.04. The summed E-state index contributed by atoms with van der Waals surface area (Å²) in [5, 5.41) is 10.9. The largest absolute Gasteiger partial charge is 0.383 e. The Balaban J connectivity index is 2.32. The minimum Gasteiger partial charge on any atom is -0.383 e. The van der Waals surface area contributed by atoms with Crippen molar-refractivity contribution in [3.63, 3.8) is 0 Å². The molecule has 98 valence electrons. The molecule has 0 saturated carbocycles. The van der Waals surface area contributed by atoms with Crippen molar-refractivity contribution in [1.29, 1.82) is 0 Å². The SMILES string of the molecule is Nc1cc([N+](=O)[O-])cc(Sc2ccc(F)c(F)c2)n1. The van der Waals surface area contributed by atoms with Gasteiger partial charge in [-0.2, -0.15) is 0 Å². The number of pyridine rings is 1. The van der Waals surface area contributed by atoms with E-state index in [0.29, 0.717) is 4.90 Å². The normalized spacial score (nSPS) is 10.4. The van der Waals surface area contributed by atoms with E-state index in [-0.39, 0.29) is 16.5 Å². The Morgan fingerprint density at radius 1 is 1.21 bits per heavy atom. The highest BCUT2D eigenvalue weighted by Gasteiger charge is 2.11. The first-order valence-electron chi connectivity index (χ1n) is 5.00. The van der Waals surface area contributed by atoms with Crippen LogP contribution in [0.4, 0.5) is 20.3 Å². The van der Waals surface area contributed by atoms with E-state index in [4.69, 9.17) is 5.73 Å². The molecule has 2 N–H and O–H groups in total. The number of nitrogens with zero attached hydrogens (tertiary/aromatic N) is 2. The van der Waals surface area contributed by atoms with Gasteiger partial charge in [-0.1, -0.05) is 11.8 Å². The minimum absolute atomic E-state index is 0.0146. The smallest absolute Gasteiger partial charge is 0.275 e. The summed E-state index contributed by atoms with van der Waals surface area (Å²) in [5.74, 6) is -1.97. The summed E-state index contributed by atoms with van der Waals surface area (Å²) in [6.07, 6.45) is 0. The van der Waals surface area contributed by atoms with Crippen molar-refractivity contribution < 1.29 is 13.7 Å². The zero-order chi connectivity index (χ0) is 14.0. The maximum atomic E-state index is 13.0. The van der Waals surface area contributed by atoms with Crippen LogP contribution < -0.4 is 5.73 Å². The molecular weight excluding hydrogens is 276 g/mol. The molecule has 0 atom stereocenters.